The Morgan fingerprint density at radius 1 is 1.31 bits per heavy atom. The predicted molar refractivity (Wildman–Crippen MR) is 94.2 cm³/mol. The smallest absolute Gasteiger partial charge is 0.282 e. The van der Waals surface area contributed by atoms with E-state index in [1.807, 2.05) is 11.5 Å². The molecule has 3 heterocycles. The molecule has 1 aliphatic heterocycles. The molecule has 4 rings (SSSR count). The molecule has 1 N–H and O–H groups in total. The Morgan fingerprint density at radius 2 is 2.15 bits per heavy atom. The number of anilines is 1. The van der Waals surface area contributed by atoms with Crippen molar-refractivity contribution in [2.24, 2.45) is 0 Å². The zero-order valence-electron chi connectivity index (χ0n) is 14.1. The molecule has 9 heteroatoms. The number of halogens is 1. The topological polar surface area (TPSA) is 81.8 Å². The van der Waals surface area contributed by atoms with Crippen molar-refractivity contribution < 1.29 is 12.8 Å². The van der Waals surface area contributed by atoms with Crippen molar-refractivity contribution in [2.45, 2.75) is 37.3 Å². The molecule has 0 aliphatic carbocycles. The van der Waals surface area contributed by atoms with Crippen LogP contribution in [-0.2, 0) is 16.4 Å². The van der Waals surface area contributed by atoms with Gasteiger partial charge in [0.15, 0.2) is 5.03 Å². The van der Waals surface area contributed by atoms with Crippen molar-refractivity contribution in [2.75, 3.05) is 4.72 Å². The molecule has 0 bridgehead atoms. The lowest BCUT2D eigenvalue weighted by Gasteiger charge is -2.20. The molecule has 3 aromatic rings. The van der Waals surface area contributed by atoms with Crippen molar-refractivity contribution in [3.63, 3.8) is 0 Å². The first kappa shape index (κ1) is 16.8. The Kier molecular flexibility index (Phi) is 4.03. The van der Waals surface area contributed by atoms with Crippen molar-refractivity contribution in [1.29, 1.82) is 0 Å². The van der Waals surface area contributed by atoms with Gasteiger partial charge in [-0.3, -0.25) is 4.72 Å². The molecule has 0 saturated heterocycles. The van der Waals surface area contributed by atoms with Gasteiger partial charge in [0, 0.05) is 24.7 Å². The molecule has 0 radical (unpaired) electrons. The number of imidazole rings is 1. The van der Waals surface area contributed by atoms with Crippen LogP contribution in [0.25, 0.3) is 5.69 Å². The first-order chi connectivity index (χ1) is 12.4. The van der Waals surface area contributed by atoms with E-state index in [-0.39, 0.29) is 16.9 Å². The monoisotopic (exact) mass is 375 g/mol. The third-order valence-corrected chi connectivity index (χ3v) is 5.72. The average Bonchev–Trinajstić information content (AvgIpc) is 3.22. The second-order valence-electron chi connectivity index (χ2n) is 6.36. The summed E-state index contributed by atoms with van der Waals surface area (Å²) in [5, 5.41) is 4.06. The third-order valence-electron chi connectivity index (χ3n) is 4.49. The molecule has 0 amide bonds. The van der Waals surface area contributed by atoms with E-state index in [2.05, 4.69) is 14.8 Å². The first-order valence-corrected chi connectivity index (χ1v) is 9.83. The molecule has 1 unspecified atom stereocenters. The summed E-state index contributed by atoms with van der Waals surface area (Å²) >= 11 is 0. The molecular weight excluding hydrogens is 357 g/mol. The lowest BCUT2D eigenvalue weighted by atomic mass is 10.1. The Bertz CT molecular complexity index is 1060. The summed E-state index contributed by atoms with van der Waals surface area (Å²) in [6, 6.07) is 7.52. The van der Waals surface area contributed by atoms with Crippen LogP contribution in [0.15, 0.2) is 47.8 Å². The summed E-state index contributed by atoms with van der Waals surface area (Å²) in [6.45, 7) is 2.05. The van der Waals surface area contributed by atoms with Crippen molar-refractivity contribution >= 4 is 15.8 Å². The van der Waals surface area contributed by atoms with Crippen LogP contribution in [0.3, 0.4) is 0 Å². The van der Waals surface area contributed by atoms with Gasteiger partial charge in [0.05, 0.1) is 11.9 Å². The zero-order chi connectivity index (χ0) is 18.3. The normalized spacial score (nSPS) is 17.1. The SMILES string of the molecule is CC1CCCc2nc(S(=O)(=O)Nc3ccnn3-c3cccc(F)c3)cn21. The van der Waals surface area contributed by atoms with Gasteiger partial charge in [-0.1, -0.05) is 6.07 Å². The van der Waals surface area contributed by atoms with Gasteiger partial charge >= 0.3 is 0 Å². The summed E-state index contributed by atoms with van der Waals surface area (Å²) in [5.74, 6) is 0.569. The second-order valence-corrected chi connectivity index (χ2v) is 7.99. The van der Waals surface area contributed by atoms with Gasteiger partial charge in [-0.2, -0.15) is 13.5 Å². The molecule has 0 spiro atoms. The van der Waals surface area contributed by atoms with E-state index in [4.69, 9.17) is 0 Å². The maximum atomic E-state index is 13.5. The number of hydrogen-bond acceptors (Lipinski definition) is 4. The van der Waals surface area contributed by atoms with Gasteiger partial charge in [0.1, 0.15) is 17.5 Å². The van der Waals surface area contributed by atoms with Crippen LogP contribution in [-0.4, -0.2) is 27.7 Å². The number of rotatable bonds is 4. The Morgan fingerprint density at radius 3 is 2.92 bits per heavy atom. The number of aromatic nitrogens is 4. The van der Waals surface area contributed by atoms with Crippen LogP contribution in [0, 0.1) is 5.82 Å². The minimum absolute atomic E-state index is 0.0201. The van der Waals surface area contributed by atoms with Gasteiger partial charge in [-0.05, 0) is 38.0 Å². The Hall–Kier alpha value is -2.68. The molecule has 1 aromatic carbocycles. The fourth-order valence-electron chi connectivity index (χ4n) is 3.18. The Labute approximate surface area is 150 Å². The molecule has 7 nitrogen and oxygen atoms in total. The summed E-state index contributed by atoms with van der Waals surface area (Å²) in [5.41, 5.74) is 0.422. The summed E-state index contributed by atoms with van der Waals surface area (Å²) in [6.07, 6.45) is 5.79. The maximum absolute atomic E-state index is 13.5. The fraction of sp³-hybridized carbons (Fsp3) is 0.294. The standard InChI is InChI=1S/C17H18FN5O2S/c1-12-4-2-7-15-20-17(11-22(12)15)26(24,25)21-16-8-9-19-23(16)14-6-3-5-13(18)10-14/h3,5-6,8-12,21H,2,4,7H2,1H3. The zero-order valence-corrected chi connectivity index (χ0v) is 14.9. The first-order valence-electron chi connectivity index (χ1n) is 8.34. The molecular formula is C17H18FN5O2S. The quantitative estimate of drug-likeness (QED) is 0.760. The van der Waals surface area contributed by atoms with E-state index in [0.29, 0.717) is 5.69 Å². The highest BCUT2D eigenvalue weighted by Crippen LogP contribution is 2.26. The molecule has 2 aromatic heterocycles. The highest BCUT2D eigenvalue weighted by molar-refractivity contribution is 7.92. The molecule has 1 aliphatic rings. The van der Waals surface area contributed by atoms with E-state index in [9.17, 15) is 12.8 Å². The van der Waals surface area contributed by atoms with Crippen LogP contribution in [0.5, 0.6) is 0 Å². The molecule has 26 heavy (non-hydrogen) atoms. The summed E-state index contributed by atoms with van der Waals surface area (Å²) < 4.78 is 44.8. The average molecular weight is 375 g/mol. The molecule has 0 saturated carbocycles. The van der Waals surface area contributed by atoms with Gasteiger partial charge in [0.2, 0.25) is 0 Å². The lowest BCUT2D eigenvalue weighted by molar-refractivity contribution is 0.425. The number of nitrogens with zero attached hydrogens (tertiary/aromatic N) is 4. The minimum Gasteiger partial charge on any atom is -0.331 e. The van der Waals surface area contributed by atoms with Gasteiger partial charge < -0.3 is 4.57 Å². The largest absolute Gasteiger partial charge is 0.331 e. The van der Waals surface area contributed by atoms with E-state index in [0.717, 1.165) is 25.1 Å². The minimum atomic E-state index is -3.88. The van der Waals surface area contributed by atoms with E-state index >= 15 is 0 Å². The maximum Gasteiger partial charge on any atom is 0.282 e. The van der Waals surface area contributed by atoms with Gasteiger partial charge in [-0.15, -0.1) is 0 Å². The fourth-order valence-corrected chi connectivity index (χ4v) is 4.19. The highest BCUT2D eigenvalue weighted by atomic mass is 32.2. The van der Waals surface area contributed by atoms with E-state index in [1.54, 1.807) is 12.3 Å². The second kappa shape index (κ2) is 6.24. The molecule has 0 fully saturated rings. The van der Waals surface area contributed by atoms with Crippen LogP contribution in [0.4, 0.5) is 10.2 Å². The van der Waals surface area contributed by atoms with Crippen LogP contribution < -0.4 is 4.72 Å². The van der Waals surface area contributed by atoms with Gasteiger partial charge in [0.25, 0.3) is 10.0 Å². The van der Waals surface area contributed by atoms with E-state index in [1.165, 1.54) is 35.1 Å². The highest BCUT2D eigenvalue weighted by Gasteiger charge is 2.25. The number of nitrogens with one attached hydrogen (secondary N) is 1. The van der Waals surface area contributed by atoms with Crippen LogP contribution >= 0.6 is 0 Å². The number of benzene rings is 1. The summed E-state index contributed by atoms with van der Waals surface area (Å²) in [4.78, 5) is 4.29. The van der Waals surface area contributed by atoms with Crippen molar-refractivity contribution in [3.05, 3.63) is 54.4 Å². The number of fused-ring (bicyclic) bond motifs is 1. The van der Waals surface area contributed by atoms with Crippen molar-refractivity contribution in [1.82, 2.24) is 19.3 Å². The third kappa shape index (κ3) is 2.98. The number of hydrogen-bond donors (Lipinski definition) is 1. The Balaban J connectivity index is 1.67. The van der Waals surface area contributed by atoms with Gasteiger partial charge in [-0.25, -0.2) is 14.1 Å². The van der Waals surface area contributed by atoms with Crippen LogP contribution in [0.2, 0.25) is 0 Å². The number of aryl methyl sites for hydroxylation is 1. The molecule has 136 valence electrons. The van der Waals surface area contributed by atoms with E-state index < -0.39 is 15.8 Å². The molecule has 1 atom stereocenters. The van der Waals surface area contributed by atoms with Crippen LogP contribution in [0.1, 0.15) is 31.6 Å². The number of sulfonamides is 1. The predicted octanol–water partition coefficient (Wildman–Crippen LogP) is 2.91. The lowest BCUT2D eigenvalue weighted by Crippen LogP contribution is -2.16. The summed E-state index contributed by atoms with van der Waals surface area (Å²) in [7, 11) is -3.88. The van der Waals surface area contributed by atoms with Crippen molar-refractivity contribution in [3.8, 4) is 5.69 Å².